The molecule has 0 bridgehead atoms. The van der Waals surface area contributed by atoms with Crippen LogP contribution >= 0.6 is 0 Å². The SMILES string of the molecule is Cc1cccc(N[C@@H](C)C(=O)Nc2ccccc2C#N)c1. The molecule has 0 fully saturated rings. The van der Waals surface area contributed by atoms with Crippen molar-refractivity contribution in [2.45, 2.75) is 19.9 Å². The zero-order valence-electron chi connectivity index (χ0n) is 12.1. The minimum Gasteiger partial charge on any atom is -0.374 e. The van der Waals surface area contributed by atoms with Gasteiger partial charge in [-0.1, -0.05) is 24.3 Å². The number of nitrogens with one attached hydrogen (secondary N) is 2. The van der Waals surface area contributed by atoms with Crippen molar-refractivity contribution in [1.29, 1.82) is 5.26 Å². The summed E-state index contributed by atoms with van der Waals surface area (Å²) in [6, 6.07) is 16.4. The van der Waals surface area contributed by atoms with Crippen molar-refractivity contribution in [1.82, 2.24) is 0 Å². The fraction of sp³-hybridized carbons (Fsp3) is 0.176. The van der Waals surface area contributed by atoms with Gasteiger partial charge < -0.3 is 10.6 Å². The summed E-state index contributed by atoms with van der Waals surface area (Å²) in [7, 11) is 0. The highest BCUT2D eigenvalue weighted by atomic mass is 16.2. The Kier molecular flexibility index (Phi) is 4.57. The average Bonchev–Trinajstić information content (AvgIpc) is 2.47. The third-order valence-electron chi connectivity index (χ3n) is 3.10. The maximum absolute atomic E-state index is 12.2. The lowest BCUT2D eigenvalue weighted by atomic mass is 10.1. The number of hydrogen-bond donors (Lipinski definition) is 2. The molecule has 0 radical (unpaired) electrons. The standard InChI is InChI=1S/C17H17N3O/c1-12-6-5-8-15(10-12)19-13(2)17(21)20-16-9-4-3-7-14(16)11-18/h3-10,13,19H,1-2H3,(H,20,21)/t13-/m0/s1. The van der Waals surface area contributed by atoms with Crippen molar-refractivity contribution in [2.24, 2.45) is 0 Å². The van der Waals surface area contributed by atoms with Crippen molar-refractivity contribution in [3.63, 3.8) is 0 Å². The molecule has 0 unspecified atom stereocenters. The predicted molar refractivity (Wildman–Crippen MR) is 84.1 cm³/mol. The molecule has 0 saturated heterocycles. The first kappa shape index (κ1) is 14.6. The normalized spacial score (nSPS) is 11.3. The Hall–Kier alpha value is -2.80. The van der Waals surface area contributed by atoms with Crippen LogP contribution in [0, 0.1) is 18.3 Å². The van der Waals surface area contributed by atoms with Crippen LogP contribution in [0.5, 0.6) is 0 Å². The van der Waals surface area contributed by atoms with Gasteiger partial charge in [-0.05, 0) is 43.7 Å². The van der Waals surface area contributed by atoms with E-state index >= 15 is 0 Å². The average molecular weight is 279 g/mol. The van der Waals surface area contributed by atoms with Crippen LogP contribution in [-0.4, -0.2) is 11.9 Å². The van der Waals surface area contributed by atoms with E-state index in [1.165, 1.54) is 0 Å². The monoisotopic (exact) mass is 279 g/mol. The van der Waals surface area contributed by atoms with Crippen LogP contribution in [0.3, 0.4) is 0 Å². The van der Waals surface area contributed by atoms with Crippen LogP contribution in [-0.2, 0) is 4.79 Å². The molecule has 2 rings (SSSR count). The van der Waals surface area contributed by atoms with Gasteiger partial charge in [-0.25, -0.2) is 0 Å². The van der Waals surface area contributed by atoms with Gasteiger partial charge in [0.2, 0.25) is 5.91 Å². The van der Waals surface area contributed by atoms with E-state index in [1.54, 1.807) is 31.2 Å². The number of aryl methyl sites for hydroxylation is 1. The number of para-hydroxylation sites is 1. The maximum atomic E-state index is 12.2. The minimum absolute atomic E-state index is 0.181. The van der Waals surface area contributed by atoms with Gasteiger partial charge in [0.25, 0.3) is 0 Å². The molecule has 2 N–H and O–H groups in total. The number of nitrogens with zero attached hydrogens (tertiary/aromatic N) is 1. The zero-order valence-corrected chi connectivity index (χ0v) is 12.1. The largest absolute Gasteiger partial charge is 0.374 e. The molecule has 2 aromatic rings. The molecule has 0 aliphatic heterocycles. The summed E-state index contributed by atoms with van der Waals surface area (Å²) in [5, 5.41) is 14.9. The first-order valence-corrected chi connectivity index (χ1v) is 6.73. The molecule has 1 atom stereocenters. The molecule has 1 amide bonds. The maximum Gasteiger partial charge on any atom is 0.246 e. The number of rotatable bonds is 4. The molecule has 4 heteroatoms. The number of anilines is 2. The topological polar surface area (TPSA) is 64.9 Å². The van der Waals surface area contributed by atoms with Crippen LogP contribution in [0.2, 0.25) is 0 Å². The molecule has 0 heterocycles. The van der Waals surface area contributed by atoms with Crippen molar-refractivity contribution in [3.8, 4) is 6.07 Å². The second-order valence-corrected chi connectivity index (χ2v) is 4.88. The first-order chi connectivity index (χ1) is 10.1. The Bertz CT molecular complexity index is 688. The smallest absolute Gasteiger partial charge is 0.246 e. The van der Waals surface area contributed by atoms with E-state index in [0.29, 0.717) is 11.3 Å². The highest BCUT2D eigenvalue weighted by Crippen LogP contribution is 2.15. The van der Waals surface area contributed by atoms with E-state index in [9.17, 15) is 4.79 Å². The van der Waals surface area contributed by atoms with Crippen molar-refractivity contribution < 1.29 is 4.79 Å². The Morgan fingerprint density at radius 2 is 1.95 bits per heavy atom. The lowest BCUT2D eigenvalue weighted by Gasteiger charge is -2.16. The summed E-state index contributed by atoms with van der Waals surface area (Å²) >= 11 is 0. The van der Waals surface area contributed by atoms with Gasteiger partial charge in [-0.15, -0.1) is 0 Å². The molecule has 0 saturated carbocycles. The molecule has 0 aliphatic rings. The van der Waals surface area contributed by atoms with Gasteiger partial charge in [-0.2, -0.15) is 5.26 Å². The molecule has 21 heavy (non-hydrogen) atoms. The van der Waals surface area contributed by atoms with E-state index in [-0.39, 0.29) is 5.91 Å². The lowest BCUT2D eigenvalue weighted by Crippen LogP contribution is -2.32. The molecular weight excluding hydrogens is 262 g/mol. The third kappa shape index (κ3) is 3.83. The van der Waals surface area contributed by atoms with E-state index < -0.39 is 6.04 Å². The summed E-state index contributed by atoms with van der Waals surface area (Å²) in [6.45, 7) is 3.78. The second kappa shape index (κ2) is 6.58. The van der Waals surface area contributed by atoms with E-state index in [4.69, 9.17) is 5.26 Å². The van der Waals surface area contributed by atoms with Crippen molar-refractivity contribution >= 4 is 17.3 Å². The minimum atomic E-state index is -0.404. The number of nitriles is 1. The van der Waals surface area contributed by atoms with E-state index in [2.05, 4.69) is 16.7 Å². The molecule has 0 aliphatic carbocycles. The number of carbonyl (C=O) groups is 1. The van der Waals surface area contributed by atoms with E-state index in [1.807, 2.05) is 31.2 Å². The molecular formula is C17H17N3O. The Morgan fingerprint density at radius 3 is 2.67 bits per heavy atom. The first-order valence-electron chi connectivity index (χ1n) is 6.73. The third-order valence-corrected chi connectivity index (χ3v) is 3.10. The number of hydrogen-bond acceptors (Lipinski definition) is 3. The summed E-state index contributed by atoms with van der Waals surface area (Å²) < 4.78 is 0. The van der Waals surface area contributed by atoms with Gasteiger partial charge in [0.1, 0.15) is 12.1 Å². The Balaban J connectivity index is 2.05. The van der Waals surface area contributed by atoms with Crippen LogP contribution < -0.4 is 10.6 Å². The summed E-state index contributed by atoms with van der Waals surface area (Å²) in [4.78, 5) is 12.2. The van der Waals surface area contributed by atoms with Crippen LogP contribution in [0.15, 0.2) is 48.5 Å². The fourth-order valence-electron chi connectivity index (χ4n) is 1.98. The number of amides is 1. The van der Waals surface area contributed by atoms with E-state index in [0.717, 1.165) is 11.3 Å². The predicted octanol–water partition coefficient (Wildman–Crippen LogP) is 3.31. The summed E-state index contributed by atoms with van der Waals surface area (Å²) in [6.07, 6.45) is 0. The van der Waals surface area contributed by atoms with Gasteiger partial charge in [-0.3, -0.25) is 4.79 Å². The van der Waals surface area contributed by atoms with Crippen molar-refractivity contribution in [3.05, 3.63) is 59.7 Å². The van der Waals surface area contributed by atoms with Gasteiger partial charge in [0.05, 0.1) is 11.3 Å². The lowest BCUT2D eigenvalue weighted by molar-refractivity contribution is -0.116. The van der Waals surface area contributed by atoms with Gasteiger partial charge >= 0.3 is 0 Å². The molecule has 106 valence electrons. The second-order valence-electron chi connectivity index (χ2n) is 4.88. The quantitative estimate of drug-likeness (QED) is 0.902. The Morgan fingerprint density at radius 1 is 1.19 bits per heavy atom. The molecule has 4 nitrogen and oxygen atoms in total. The van der Waals surface area contributed by atoms with Gasteiger partial charge in [0.15, 0.2) is 0 Å². The molecule has 2 aromatic carbocycles. The van der Waals surface area contributed by atoms with Gasteiger partial charge in [0, 0.05) is 5.69 Å². The highest BCUT2D eigenvalue weighted by Gasteiger charge is 2.14. The van der Waals surface area contributed by atoms with Crippen molar-refractivity contribution in [2.75, 3.05) is 10.6 Å². The fourth-order valence-corrected chi connectivity index (χ4v) is 1.98. The summed E-state index contributed by atoms with van der Waals surface area (Å²) in [5.41, 5.74) is 3.00. The molecule has 0 aromatic heterocycles. The van der Waals surface area contributed by atoms with Crippen LogP contribution in [0.4, 0.5) is 11.4 Å². The summed E-state index contributed by atoms with van der Waals surface area (Å²) in [5.74, 6) is -0.181. The Labute approximate surface area is 124 Å². The van der Waals surface area contributed by atoms with Crippen LogP contribution in [0.1, 0.15) is 18.1 Å². The van der Waals surface area contributed by atoms with Crippen LogP contribution in [0.25, 0.3) is 0 Å². The number of carbonyl (C=O) groups excluding carboxylic acids is 1. The highest BCUT2D eigenvalue weighted by molar-refractivity contribution is 5.97. The molecule has 0 spiro atoms. The zero-order chi connectivity index (χ0) is 15.2. The number of benzene rings is 2.